The van der Waals surface area contributed by atoms with Crippen molar-refractivity contribution in [3.63, 3.8) is 0 Å². The molecule has 0 spiro atoms. The highest BCUT2D eigenvalue weighted by molar-refractivity contribution is 7.47. The molecule has 0 aliphatic carbocycles. The fourth-order valence-electron chi connectivity index (χ4n) is 11.6. The summed E-state index contributed by atoms with van der Waals surface area (Å²) in [6.07, 6.45) is 55.3. The molecule has 0 aliphatic heterocycles. The molecule has 0 aromatic carbocycles. The van der Waals surface area contributed by atoms with E-state index in [1.54, 1.807) is 0 Å². The number of ether oxygens (including phenoxy) is 4. The number of esters is 4. The zero-order valence-electron chi connectivity index (χ0n) is 62.0. The molecule has 17 nitrogen and oxygen atoms in total. The first-order valence-electron chi connectivity index (χ1n) is 39.5. The Balaban J connectivity index is 5.25. The lowest BCUT2D eigenvalue weighted by atomic mass is 9.99. The maximum Gasteiger partial charge on any atom is 0.472 e. The van der Waals surface area contributed by atoms with E-state index in [4.69, 9.17) is 37.0 Å². The summed E-state index contributed by atoms with van der Waals surface area (Å²) in [6, 6.07) is 0. The van der Waals surface area contributed by atoms with Crippen LogP contribution in [0.4, 0.5) is 0 Å². The molecule has 0 amide bonds. The van der Waals surface area contributed by atoms with Crippen molar-refractivity contribution in [1.29, 1.82) is 0 Å². The Labute approximate surface area is 581 Å². The molecule has 3 unspecified atom stereocenters. The number of hydrogen-bond acceptors (Lipinski definition) is 15. The van der Waals surface area contributed by atoms with E-state index in [1.807, 2.05) is 0 Å². The molecule has 0 aromatic rings. The Morgan fingerprint density at radius 3 is 0.800 bits per heavy atom. The molecule has 0 aromatic heterocycles. The van der Waals surface area contributed by atoms with Crippen molar-refractivity contribution in [3.8, 4) is 0 Å². The monoisotopic (exact) mass is 1400 g/mol. The number of carbonyl (C=O) groups is 4. The van der Waals surface area contributed by atoms with E-state index in [9.17, 15) is 43.2 Å². The van der Waals surface area contributed by atoms with Crippen LogP contribution >= 0.6 is 15.6 Å². The van der Waals surface area contributed by atoms with E-state index in [0.29, 0.717) is 25.7 Å². The third-order valence-corrected chi connectivity index (χ3v) is 20.0. The lowest BCUT2D eigenvalue weighted by Crippen LogP contribution is -2.30. The molecule has 0 fully saturated rings. The van der Waals surface area contributed by atoms with Crippen molar-refractivity contribution in [2.75, 3.05) is 39.6 Å². The van der Waals surface area contributed by atoms with E-state index in [0.717, 1.165) is 102 Å². The van der Waals surface area contributed by atoms with E-state index in [1.165, 1.54) is 212 Å². The van der Waals surface area contributed by atoms with Gasteiger partial charge in [-0.25, -0.2) is 9.13 Å². The second-order valence-electron chi connectivity index (χ2n) is 28.1. The van der Waals surface area contributed by atoms with Gasteiger partial charge in [-0.15, -0.1) is 0 Å². The van der Waals surface area contributed by atoms with Crippen molar-refractivity contribution < 1.29 is 80.2 Å². The standard InChI is InChI=1S/C76H148O17P2/c1-7-10-12-14-16-18-20-21-22-23-24-25-31-35-42-48-54-60-75(80)92-71(64-87-74(79)59-53-47-41-34-30-27-26-29-32-38-44-50-56-68(4)5)66-90-94(82,83)88-62-70(77)63-89-95(84,85)91-67-72(65-86-73(78)58-52-46-40-33-28-19-17-15-13-11-8-2)93-76(81)61-55-49-43-37-36-39-45-51-57-69(6)9-3/h68-72,77H,7-67H2,1-6H3,(H,82,83)(H,84,85)/t69?,70-,71-,72-/m1/s1. The van der Waals surface area contributed by atoms with Gasteiger partial charge in [-0.1, -0.05) is 343 Å². The lowest BCUT2D eigenvalue weighted by Gasteiger charge is -2.21. The fraction of sp³-hybridized carbons (Fsp3) is 0.947. The Kier molecular flexibility index (Phi) is 66.5. The quantitative estimate of drug-likeness (QED) is 0.0222. The first-order valence-corrected chi connectivity index (χ1v) is 42.5. The van der Waals surface area contributed by atoms with Crippen LogP contribution < -0.4 is 0 Å². The van der Waals surface area contributed by atoms with Gasteiger partial charge in [0.1, 0.15) is 19.3 Å². The van der Waals surface area contributed by atoms with Gasteiger partial charge in [-0.05, 0) is 37.5 Å². The summed E-state index contributed by atoms with van der Waals surface area (Å²) >= 11 is 0. The van der Waals surface area contributed by atoms with Crippen LogP contribution in [0.5, 0.6) is 0 Å². The SMILES string of the molecule is CCCCCCCCCCCCCCCCCCCC(=O)O[C@H](COC(=O)CCCCCCCCCCCCCCC(C)C)COP(=O)(O)OC[C@@H](O)COP(=O)(O)OC[C@@H](COC(=O)CCCCCCCCCCCCC)OC(=O)CCCCCCCCCCC(C)CC. The van der Waals surface area contributed by atoms with Crippen molar-refractivity contribution in [2.24, 2.45) is 11.8 Å². The van der Waals surface area contributed by atoms with Crippen molar-refractivity contribution >= 4 is 39.5 Å². The average Bonchev–Trinajstić information content (AvgIpc) is 2.45. The number of carbonyl (C=O) groups excluding carboxylic acids is 4. The van der Waals surface area contributed by atoms with E-state index in [2.05, 4.69) is 41.5 Å². The van der Waals surface area contributed by atoms with Crippen molar-refractivity contribution in [1.82, 2.24) is 0 Å². The molecule has 564 valence electrons. The van der Waals surface area contributed by atoms with E-state index >= 15 is 0 Å². The number of hydrogen-bond donors (Lipinski definition) is 3. The number of phosphoric acid groups is 2. The Morgan fingerprint density at radius 1 is 0.305 bits per heavy atom. The summed E-state index contributed by atoms with van der Waals surface area (Å²) in [4.78, 5) is 72.8. The van der Waals surface area contributed by atoms with Gasteiger partial charge in [0.2, 0.25) is 0 Å². The van der Waals surface area contributed by atoms with Gasteiger partial charge in [0.25, 0.3) is 0 Å². The molecule has 95 heavy (non-hydrogen) atoms. The number of unbranched alkanes of at least 4 members (excludes halogenated alkanes) is 44. The lowest BCUT2D eigenvalue weighted by molar-refractivity contribution is -0.161. The molecule has 0 saturated carbocycles. The zero-order valence-corrected chi connectivity index (χ0v) is 63.8. The molecule has 19 heteroatoms. The number of aliphatic hydroxyl groups is 1. The predicted molar refractivity (Wildman–Crippen MR) is 386 cm³/mol. The van der Waals surface area contributed by atoms with Gasteiger partial charge < -0.3 is 33.8 Å². The van der Waals surface area contributed by atoms with E-state index < -0.39 is 97.5 Å². The van der Waals surface area contributed by atoms with Gasteiger partial charge in [-0.3, -0.25) is 37.3 Å². The summed E-state index contributed by atoms with van der Waals surface area (Å²) in [7, 11) is -9.91. The van der Waals surface area contributed by atoms with Crippen LogP contribution in [0.1, 0.15) is 395 Å². The van der Waals surface area contributed by atoms with Gasteiger partial charge in [-0.2, -0.15) is 0 Å². The van der Waals surface area contributed by atoms with Crippen LogP contribution in [0.15, 0.2) is 0 Å². The molecule has 0 rings (SSSR count). The molecule has 0 heterocycles. The zero-order chi connectivity index (χ0) is 70.0. The molecular formula is C76H148O17P2. The van der Waals surface area contributed by atoms with Gasteiger partial charge in [0.15, 0.2) is 12.2 Å². The Morgan fingerprint density at radius 2 is 0.537 bits per heavy atom. The molecule has 0 radical (unpaired) electrons. The maximum absolute atomic E-state index is 13.1. The second kappa shape index (κ2) is 67.9. The summed E-state index contributed by atoms with van der Waals surface area (Å²) in [6.45, 7) is 9.61. The number of rotatable bonds is 75. The number of phosphoric ester groups is 2. The molecule has 0 saturated heterocycles. The summed E-state index contributed by atoms with van der Waals surface area (Å²) in [5.41, 5.74) is 0. The van der Waals surface area contributed by atoms with Crippen LogP contribution in [-0.4, -0.2) is 96.7 Å². The highest BCUT2D eigenvalue weighted by Crippen LogP contribution is 2.45. The van der Waals surface area contributed by atoms with Crippen LogP contribution in [-0.2, 0) is 65.4 Å². The van der Waals surface area contributed by atoms with E-state index in [-0.39, 0.29) is 25.7 Å². The topological polar surface area (TPSA) is 237 Å². The highest BCUT2D eigenvalue weighted by Gasteiger charge is 2.30. The average molecular weight is 1400 g/mol. The van der Waals surface area contributed by atoms with Crippen LogP contribution in [0, 0.1) is 11.8 Å². The normalized spacial score (nSPS) is 14.3. The second-order valence-corrected chi connectivity index (χ2v) is 31.0. The van der Waals surface area contributed by atoms with Crippen molar-refractivity contribution in [2.45, 2.75) is 413 Å². The Hall–Kier alpha value is -1.94. The van der Waals surface area contributed by atoms with Crippen molar-refractivity contribution in [3.05, 3.63) is 0 Å². The van der Waals surface area contributed by atoms with Crippen LogP contribution in [0.3, 0.4) is 0 Å². The van der Waals surface area contributed by atoms with Gasteiger partial charge in [0.05, 0.1) is 26.4 Å². The minimum atomic E-state index is -4.96. The predicted octanol–water partition coefficient (Wildman–Crippen LogP) is 22.3. The fourth-order valence-corrected chi connectivity index (χ4v) is 13.2. The van der Waals surface area contributed by atoms with Crippen LogP contribution in [0.25, 0.3) is 0 Å². The highest BCUT2D eigenvalue weighted by atomic mass is 31.2. The molecule has 0 bridgehead atoms. The largest absolute Gasteiger partial charge is 0.472 e. The molecule has 0 aliphatic rings. The Bertz CT molecular complexity index is 1840. The molecule has 6 atom stereocenters. The molecule has 3 N–H and O–H groups in total. The first-order chi connectivity index (χ1) is 45.9. The first kappa shape index (κ1) is 93.1. The maximum atomic E-state index is 13.1. The smallest absolute Gasteiger partial charge is 0.462 e. The summed E-state index contributed by atoms with van der Waals surface area (Å²) < 4.78 is 68.5. The summed E-state index contributed by atoms with van der Waals surface area (Å²) in [5, 5.41) is 10.6. The third kappa shape index (κ3) is 69.0. The minimum absolute atomic E-state index is 0.105. The van der Waals surface area contributed by atoms with Gasteiger partial charge in [0, 0.05) is 25.7 Å². The van der Waals surface area contributed by atoms with Gasteiger partial charge >= 0.3 is 39.5 Å². The minimum Gasteiger partial charge on any atom is -0.462 e. The molecular weight excluding hydrogens is 1250 g/mol. The summed E-state index contributed by atoms with van der Waals surface area (Å²) in [5.74, 6) is -0.564. The third-order valence-electron chi connectivity index (χ3n) is 18.1. The number of aliphatic hydroxyl groups excluding tert-OH is 1. The van der Waals surface area contributed by atoms with Crippen LogP contribution in [0.2, 0.25) is 0 Å².